The minimum Gasteiger partial charge on any atom is -0.494 e. The highest BCUT2D eigenvalue weighted by Gasteiger charge is 2.11. The predicted molar refractivity (Wildman–Crippen MR) is 123 cm³/mol. The third kappa shape index (κ3) is 6.80. The van der Waals surface area contributed by atoms with Gasteiger partial charge in [0.1, 0.15) is 17.2 Å². The zero-order chi connectivity index (χ0) is 21.8. The number of rotatable bonds is 13. The molecule has 0 atom stereocenters. The molecule has 0 saturated heterocycles. The molecule has 2 rings (SSSR count). The number of carbonyl (C=O) groups excluding carboxylic acids is 1. The van der Waals surface area contributed by atoms with Crippen LogP contribution in [0.25, 0.3) is 6.08 Å². The standard InChI is InChI=1S/C26H32O4/c1-5-9-21-18-22(26(30-17-7-3)19-25(21)29-16-6-2)12-15-24(27)20-10-13-23(14-11-20)28-8-4/h5,10-15,18-19H,1,6-9,16-17H2,2-4H3. The molecule has 0 unspecified atom stereocenters. The van der Waals surface area contributed by atoms with Crippen LogP contribution in [0, 0.1) is 0 Å². The number of allylic oxidation sites excluding steroid dienone is 2. The van der Waals surface area contributed by atoms with Crippen molar-refractivity contribution in [2.45, 2.75) is 40.0 Å². The average molecular weight is 409 g/mol. The Kier molecular flexibility index (Phi) is 9.72. The van der Waals surface area contributed by atoms with Crippen LogP contribution < -0.4 is 14.2 Å². The molecule has 0 aliphatic rings. The van der Waals surface area contributed by atoms with E-state index < -0.39 is 0 Å². The lowest BCUT2D eigenvalue weighted by Crippen LogP contribution is -2.03. The van der Waals surface area contributed by atoms with Gasteiger partial charge in [0.15, 0.2) is 5.78 Å². The Morgan fingerprint density at radius 3 is 2.20 bits per heavy atom. The average Bonchev–Trinajstić information content (AvgIpc) is 2.76. The summed E-state index contributed by atoms with van der Waals surface area (Å²) < 4.78 is 17.3. The normalized spacial score (nSPS) is 10.8. The monoisotopic (exact) mass is 408 g/mol. The molecule has 0 amide bonds. The minimum absolute atomic E-state index is 0.0731. The second kappa shape index (κ2) is 12.5. The Hall–Kier alpha value is -3.01. The molecule has 2 aromatic rings. The molecule has 0 N–H and O–H groups in total. The van der Waals surface area contributed by atoms with E-state index in [1.807, 2.05) is 37.3 Å². The summed E-state index contributed by atoms with van der Waals surface area (Å²) in [6.45, 7) is 11.7. The number of hydrogen-bond acceptors (Lipinski definition) is 4. The second-order valence-corrected chi connectivity index (χ2v) is 6.84. The number of ketones is 1. The fourth-order valence-corrected chi connectivity index (χ4v) is 2.90. The Labute approximate surface area is 180 Å². The van der Waals surface area contributed by atoms with Crippen LogP contribution in [0.2, 0.25) is 0 Å². The fourth-order valence-electron chi connectivity index (χ4n) is 2.90. The molecule has 2 aromatic carbocycles. The molecule has 30 heavy (non-hydrogen) atoms. The molecule has 0 aliphatic heterocycles. The van der Waals surface area contributed by atoms with Crippen molar-refractivity contribution < 1.29 is 19.0 Å². The van der Waals surface area contributed by atoms with Crippen molar-refractivity contribution in [1.82, 2.24) is 0 Å². The van der Waals surface area contributed by atoms with Crippen LogP contribution in [0.1, 0.15) is 55.1 Å². The van der Waals surface area contributed by atoms with Gasteiger partial charge in [-0.2, -0.15) is 0 Å². The molecular formula is C26H32O4. The van der Waals surface area contributed by atoms with Crippen LogP contribution in [0.3, 0.4) is 0 Å². The second-order valence-electron chi connectivity index (χ2n) is 6.84. The molecule has 0 fully saturated rings. The first kappa shape index (κ1) is 23.3. The third-order valence-corrected chi connectivity index (χ3v) is 4.34. The fraction of sp³-hybridized carbons (Fsp3) is 0.346. The topological polar surface area (TPSA) is 44.8 Å². The van der Waals surface area contributed by atoms with Gasteiger partial charge >= 0.3 is 0 Å². The van der Waals surface area contributed by atoms with Crippen LogP contribution in [0.4, 0.5) is 0 Å². The Morgan fingerprint density at radius 2 is 1.60 bits per heavy atom. The molecule has 4 nitrogen and oxygen atoms in total. The van der Waals surface area contributed by atoms with Gasteiger partial charge in [-0.15, -0.1) is 6.58 Å². The summed E-state index contributed by atoms with van der Waals surface area (Å²) in [5, 5.41) is 0. The van der Waals surface area contributed by atoms with Gasteiger partial charge in [-0.1, -0.05) is 19.9 Å². The van der Waals surface area contributed by atoms with Crippen molar-refractivity contribution in [3.8, 4) is 17.2 Å². The van der Waals surface area contributed by atoms with E-state index in [4.69, 9.17) is 14.2 Å². The van der Waals surface area contributed by atoms with E-state index in [9.17, 15) is 4.79 Å². The van der Waals surface area contributed by atoms with E-state index in [1.54, 1.807) is 24.3 Å². The highest BCUT2D eigenvalue weighted by molar-refractivity contribution is 6.07. The molecule has 160 valence electrons. The van der Waals surface area contributed by atoms with Crippen LogP contribution in [0.15, 0.2) is 55.1 Å². The summed E-state index contributed by atoms with van der Waals surface area (Å²) in [7, 11) is 0. The van der Waals surface area contributed by atoms with Gasteiger partial charge in [0.25, 0.3) is 0 Å². The van der Waals surface area contributed by atoms with Gasteiger partial charge < -0.3 is 14.2 Å². The summed E-state index contributed by atoms with van der Waals surface area (Å²) >= 11 is 0. The van der Waals surface area contributed by atoms with Gasteiger partial charge in [-0.3, -0.25) is 4.79 Å². The summed E-state index contributed by atoms with van der Waals surface area (Å²) in [4.78, 5) is 12.6. The number of carbonyl (C=O) groups is 1. The highest BCUT2D eigenvalue weighted by atomic mass is 16.5. The van der Waals surface area contributed by atoms with E-state index in [0.29, 0.717) is 37.6 Å². The summed E-state index contributed by atoms with van der Waals surface area (Å²) in [6.07, 6.45) is 7.73. The number of benzene rings is 2. The first-order valence-corrected chi connectivity index (χ1v) is 10.6. The van der Waals surface area contributed by atoms with Gasteiger partial charge in [0.05, 0.1) is 19.8 Å². The Balaban J connectivity index is 2.30. The number of ether oxygens (including phenoxy) is 3. The van der Waals surface area contributed by atoms with Crippen molar-refractivity contribution in [2.75, 3.05) is 19.8 Å². The molecule has 4 heteroatoms. The predicted octanol–water partition coefficient (Wildman–Crippen LogP) is 6.29. The molecule has 0 aromatic heterocycles. The maximum Gasteiger partial charge on any atom is 0.185 e. The molecule has 0 spiro atoms. The van der Waals surface area contributed by atoms with Crippen molar-refractivity contribution >= 4 is 11.9 Å². The van der Waals surface area contributed by atoms with Crippen LogP contribution in [-0.2, 0) is 6.42 Å². The minimum atomic E-state index is -0.0731. The summed E-state index contributed by atoms with van der Waals surface area (Å²) in [6, 6.07) is 11.1. The van der Waals surface area contributed by atoms with Gasteiger partial charge in [-0.05, 0) is 74.2 Å². The van der Waals surface area contributed by atoms with E-state index in [1.165, 1.54) is 0 Å². The smallest absolute Gasteiger partial charge is 0.185 e. The summed E-state index contributed by atoms with van der Waals surface area (Å²) in [5.41, 5.74) is 2.49. The van der Waals surface area contributed by atoms with Crippen LogP contribution in [-0.4, -0.2) is 25.6 Å². The van der Waals surface area contributed by atoms with E-state index in [0.717, 1.165) is 35.5 Å². The maximum atomic E-state index is 12.6. The molecule has 0 saturated carbocycles. The van der Waals surface area contributed by atoms with Gasteiger partial charge in [-0.25, -0.2) is 0 Å². The molecule has 0 bridgehead atoms. The zero-order valence-electron chi connectivity index (χ0n) is 18.3. The summed E-state index contributed by atoms with van der Waals surface area (Å²) in [5.74, 6) is 2.20. The zero-order valence-corrected chi connectivity index (χ0v) is 18.3. The molecule has 0 radical (unpaired) electrons. The van der Waals surface area contributed by atoms with Gasteiger partial charge in [0.2, 0.25) is 0 Å². The van der Waals surface area contributed by atoms with Crippen LogP contribution in [0.5, 0.6) is 17.2 Å². The lowest BCUT2D eigenvalue weighted by Gasteiger charge is -2.15. The largest absolute Gasteiger partial charge is 0.494 e. The van der Waals surface area contributed by atoms with Gasteiger partial charge in [0, 0.05) is 17.2 Å². The quantitative estimate of drug-likeness (QED) is 0.222. The van der Waals surface area contributed by atoms with E-state index >= 15 is 0 Å². The number of hydrogen-bond donors (Lipinski definition) is 0. The van der Waals surface area contributed by atoms with Crippen molar-refractivity contribution in [3.63, 3.8) is 0 Å². The highest BCUT2D eigenvalue weighted by Crippen LogP contribution is 2.31. The van der Waals surface area contributed by atoms with E-state index in [2.05, 4.69) is 20.4 Å². The van der Waals surface area contributed by atoms with E-state index in [-0.39, 0.29) is 5.78 Å². The molecular weight excluding hydrogens is 376 g/mol. The lowest BCUT2D eigenvalue weighted by molar-refractivity contribution is 0.104. The molecule has 0 heterocycles. The molecule has 0 aliphatic carbocycles. The third-order valence-electron chi connectivity index (χ3n) is 4.34. The first-order chi connectivity index (χ1) is 14.6. The van der Waals surface area contributed by atoms with Crippen molar-refractivity contribution in [3.05, 3.63) is 71.8 Å². The van der Waals surface area contributed by atoms with Crippen LogP contribution >= 0.6 is 0 Å². The Bertz CT molecular complexity index is 850. The van der Waals surface area contributed by atoms with Crippen molar-refractivity contribution in [1.29, 1.82) is 0 Å². The van der Waals surface area contributed by atoms with Crippen molar-refractivity contribution in [2.24, 2.45) is 0 Å². The Morgan fingerprint density at radius 1 is 0.933 bits per heavy atom. The maximum absolute atomic E-state index is 12.6. The first-order valence-electron chi connectivity index (χ1n) is 10.6. The lowest BCUT2D eigenvalue weighted by atomic mass is 10.0. The SMILES string of the molecule is C=CCc1cc(C=CC(=O)c2ccc(OCC)cc2)c(OCCC)cc1OCCC.